The Hall–Kier alpha value is -2.60. The number of nitrogens with zero attached hydrogens (tertiary/aromatic N) is 2. The monoisotopic (exact) mass is 382 g/mol. The summed E-state index contributed by atoms with van der Waals surface area (Å²) in [6.45, 7) is 1.72. The highest BCUT2D eigenvalue weighted by molar-refractivity contribution is 7.92. The molecule has 6 heteroatoms. The van der Waals surface area contributed by atoms with Gasteiger partial charge in [0.15, 0.2) is 0 Å². The number of amides is 1. The van der Waals surface area contributed by atoms with Crippen molar-refractivity contribution >= 4 is 27.2 Å². The number of benzene rings is 2. The third-order valence-corrected chi connectivity index (χ3v) is 6.40. The highest BCUT2D eigenvalue weighted by Crippen LogP contribution is 2.31. The molecule has 140 valence electrons. The normalized spacial score (nSPS) is 16.9. The molecule has 2 aliphatic rings. The maximum atomic E-state index is 12.9. The van der Waals surface area contributed by atoms with Gasteiger partial charge in [-0.05, 0) is 47.7 Å². The molecular weight excluding hydrogens is 360 g/mol. The highest BCUT2D eigenvalue weighted by Gasteiger charge is 2.27. The molecule has 0 unspecified atom stereocenters. The number of hydrogen-bond donors (Lipinski definition) is 0. The molecule has 0 N–H and O–H groups in total. The van der Waals surface area contributed by atoms with Gasteiger partial charge in [-0.15, -0.1) is 0 Å². The summed E-state index contributed by atoms with van der Waals surface area (Å²) in [7, 11) is -3.27. The molecule has 0 radical (unpaired) electrons. The van der Waals surface area contributed by atoms with E-state index in [1.807, 2.05) is 29.2 Å². The van der Waals surface area contributed by atoms with Gasteiger partial charge in [-0.1, -0.05) is 36.4 Å². The first kappa shape index (κ1) is 17.8. The van der Waals surface area contributed by atoms with E-state index in [2.05, 4.69) is 18.2 Å². The third-order valence-electron chi connectivity index (χ3n) is 5.22. The van der Waals surface area contributed by atoms with Crippen LogP contribution in [0.15, 0.2) is 54.6 Å². The molecule has 5 nitrogen and oxygen atoms in total. The molecule has 2 heterocycles. The molecule has 2 aliphatic heterocycles. The van der Waals surface area contributed by atoms with Crippen LogP contribution in [0.5, 0.6) is 0 Å². The van der Waals surface area contributed by atoms with Crippen molar-refractivity contribution < 1.29 is 13.2 Å². The molecule has 1 amide bonds. The van der Waals surface area contributed by atoms with Crippen molar-refractivity contribution in [2.75, 3.05) is 30.2 Å². The van der Waals surface area contributed by atoms with E-state index < -0.39 is 10.0 Å². The lowest BCUT2D eigenvalue weighted by Crippen LogP contribution is -2.34. The lowest BCUT2D eigenvalue weighted by Gasteiger charge is -2.27. The topological polar surface area (TPSA) is 57.7 Å². The number of anilines is 1. The summed E-state index contributed by atoms with van der Waals surface area (Å²) in [6, 6.07) is 15.6. The van der Waals surface area contributed by atoms with Crippen molar-refractivity contribution in [3.63, 3.8) is 0 Å². The summed E-state index contributed by atoms with van der Waals surface area (Å²) in [5, 5.41) is 0. The quantitative estimate of drug-likeness (QED) is 0.820. The summed E-state index contributed by atoms with van der Waals surface area (Å²) in [5.74, 6) is -0.000956. The van der Waals surface area contributed by atoms with Crippen LogP contribution in [0.2, 0.25) is 0 Å². The Labute approximate surface area is 160 Å². The predicted molar refractivity (Wildman–Crippen MR) is 107 cm³/mol. The number of carbonyl (C=O) groups is 1. The Balaban J connectivity index is 1.51. The van der Waals surface area contributed by atoms with E-state index in [0.717, 1.165) is 12.0 Å². The fourth-order valence-electron chi connectivity index (χ4n) is 3.80. The summed E-state index contributed by atoms with van der Waals surface area (Å²) in [6.07, 6.45) is 4.81. The first-order valence-corrected chi connectivity index (χ1v) is 10.9. The van der Waals surface area contributed by atoms with Crippen LogP contribution in [0.4, 0.5) is 5.69 Å². The van der Waals surface area contributed by atoms with Gasteiger partial charge in [0.25, 0.3) is 5.91 Å². The summed E-state index contributed by atoms with van der Waals surface area (Å²) in [5.41, 5.74) is 4.73. The average Bonchev–Trinajstić information content (AvgIpc) is 3.12. The minimum Gasteiger partial charge on any atom is -0.335 e. The molecule has 4 rings (SSSR count). The zero-order chi connectivity index (χ0) is 19.0. The predicted octanol–water partition coefficient (Wildman–Crippen LogP) is 2.94. The van der Waals surface area contributed by atoms with Crippen molar-refractivity contribution in [2.24, 2.45) is 0 Å². The van der Waals surface area contributed by atoms with Crippen molar-refractivity contribution in [1.82, 2.24) is 4.90 Å². The second-order valence-corrected chi connectivity index (χ2v) is 8.93. The molecule has 0 aromatic heterocycles. The number of sulfonamides is 1. The first-order chi connectivity index (χ1) is 12.9. The number of rotatable bonds is 3. The smallest absolute Gasteiger partial charge is 0.254 e. The van der Waals surface area contributed by atoms with E-state index in [9.17, 15) is 13.2 Å². The molecule has 0 saturated carbocycles. The largest absolute Gasteiger partial charge is 0.335 e. The van der Waals surface area contributed by atoms with Gasteiger partial charge >= 0.3 is 0 Å². The Bertz CT molecular complexity index is 1010. The molecule has 0 atom stereocenters. The van der Waals surface area contributed by atoms with Gasteiger partial charge in [0, 0.05) is 25.2 Å². The van der Waals surface area contributed by atoms with Crippen molar-refractivity contribution in [3.05, 3.63) is 71.3 Å². The van der Waals surface area contributed by atoms with Gasteiger partial charge in [-0.25, -0.2) is 8.42 Å². The Morgan fingerprint density at radius 2 is 1.78 bits per heavy atom. The number of carbonyl (C=O) groups excluding carboxylic acids is 1. The van der Waals surface area contributed by atoms with Gasteiger partial charge in [0.05, 0.1) is 11.9 Å². The van der Waals surface area contributed by atoms with Gasteiger partial charge < -0.3 is 4.90 Å². The minimum absolute atomic E-state index is 0.000956. The maximum Gasteiger partial charge on any atom is 0.254 e. The fraction of sp³-hybridized carbons (Fsp3) is 0.286. The second-order valence-electron chi connectivity index (χ2n) is 7.03. The zero-order valence-corrected chi connectivity index (χ0v) is 16.1. The molecule has 27 heavy (non-hydrogen) atoms. The van der Waals surface area contributed by atoms with Crippen molar-refractivity contribution in [1.29, 1.82) is 0 Å². The van der Waals surface area contributed by atoms with E-state index >= 15 is 0 Å². The van der Waals surface area contributed by atoms with Crippen molar-refractivity contribution in [3.8, 4) is 0 Å². The summed E-state index contributed by atoms with van der Waals surface area (Å²) in [4.78, 5) is 14.7. The standard InChI is InChI=1S/C21H22N2O3S/c1-27(25,26)23-14-11-18-15-19(7-8-20(18)23)21(24)22-12-9-17(10-13-22)16-5-3-2-4-6-16/h2-9,15H,10-14H2,1H3. The number of fused-ring (bicyclic) bond motifs is 1. The van der Waals surface area contributed by atoms with Crippen molar-refractivity contribution in [2.45, 2.75) is 12.8 Å². The van der Waals surface area contributed by atoms with Crippen LogP contribution in [0, 0.1) is 0 Å². The molecule has 0 fully saturated rings. The van der Waals surface area contributed by atoms with Crippen LogP contribution in [-0.4, -0.2) is 45.1 Å². The van der Waals surface area contributed by atoms with Crippen LogP contribution in [0.1, 0.15) is 27.9 Å². The van der Waals surface area contributed by atoms with Crippen LogP contribution < -0.4 is 4.31 Å². The molecule has 0 spiro atoms. The van der Waals surface area contributed by atoms with Crippen LogP contribution >= 0.6 is 0 Å². The SMILES string of the molecule is CS(=O)(=O)N1CCc2cc(C(=O)N3CC=C(c4ccccc4)CC3)ccc21. The van der Waals surface area contributed by atoms with Gasteiger partial charge in [-0.2, -0.15) is 0 Å². The van der Waals surface area contributed by atoms with Crippen LogP contribution in [0.3, 0.4) is 0 Å². The maximum absolute atomic E-state index is 12.9. The van der Waals surface area contributed by atoms with E-state index in [4.69, 9.17) is 0 Å². The van der Waals surface area contributed by atoms with E-state index in [1.54, 1.807) is 12.1 Å². The Morgan fingerprint density at radius 3 is 2.44 bits per heavy atom. The van der Waals surface area contributed by atoms with E-state index in [1.165, 1.54) is 21.7 Å². The molecular formula is C21H22N2O3S. The molecule has 2 aromatic carbocycles. The molecule has 0 aliphatic carbocycles. The van der Waals surface area contributed by atoms with Gasteiger partial charge in [-0.3, -0.25) is 9.10 Å². The Kier molecular flexibility index (Phi) is 4.52. The molecule has 0 saturated heterocycles. The molecule has 2 aromatic rings. The zero-order valence-electron chi connectivity index (χ0n) is 15.3. The lowest BCUT2D eigenvalue weighted by atomic mass is 9.99. The summed E-state index contributed by atoms with van der Waals surface area (Å²) >= 11 is 0. The Morgan fingerprint density at radius 1 is 1.00 bits per heavy atom. The van der Waals surface area contributed by atoms with E-state index in [-0.39, 0.29) is 5.91 Å². The van der Waals surface area contributed by atoms with E-state index in [0.29, 0.717) is 37.3 Å². The van der Waals surface area contributed by atoms with Crippen LogP contribution in [-0.2, 0) is 16.4 Å². The molecule has 0 bridgehead atoms. The first-order valence-electron chi connectivity index (χ1n) is 9.08. The number of hydrogen-bond acceptors (Lipinski definition) is 3. The lowest BCUT2D eigenvalue weighted by molar-refractivity contribution is 0.0773. The third kappa shape index (κ3) is 3.49. The van der Waals surface area contributed by atoms with Gasteiger partial charge in [0.1, 0.15) is 0 Å². The van der Waals surface area contributed by atoms with Crippen LogP contribution in [0.25, 0.3) is 5.57 Å². The average molecular weight is 382 g/mol. The highest BCUT2D eigenvalue weighted by atomic mass is 32.2. The minimum atomic E-state index is -3.27. The van der Waals surface area contributed by atoms with Gasteiger partial charge in [0.2, 0.25) is 10.0 Å². The summed E-state index contributed by atoms with van der Waals surface area (Å²) < 4.78 is 25.1. The fourth-order valence-corrected chi connectivity index (χ4v) is 4.76. The second kappa shape index (κ2) is 6.85.